The Balaban J connectivity index is 0.000000433. The molecule has 0 radical (unpaired) electrons. The molecule has 0 aromatic rings. The lowest BCUT2D eigenvalue weighted by molar-refractivity contribution is -0.914. The average molecular weight is 352 g/mol. The molecule has 0 spiro atoms. The lowest BCUT2D eigenvalue weighted by Crippen LogP contribution is -2.48. The lowest BCUT2D eigenvalue weighted by Gasteiger charge is -2.37. The zero-order valence-corrected chi connectivity index (χ0v) is 16.2. The summed E-state index contributed by atoms with van der Waals surface area (Å²) in [5.41, 5.74) is 0. The number of piperidine rings is 1. The van der Waals surface area contributed by atoms with Gasteiger partial charge in [-0.05, 0) is 32.1 Å². The molecule has 1 heterocycles. The Kier molecular flexibility index (Phi) is 13.1. The van der Waals surface area contributed by atoms with Gasteiger partial charge in [-0.1, -0.05) is 46.0 Å². The monoisotopic (exact) mass is 351 g/mol. The van der Waals surface area contributed by atoms with Crippen molar-refractivity contribution in [2.45, 2.75) is 78.1 Å². The van der Waals surface area contributed by atoms with E-state index in [2.05, 4.69) is 25.1 Å². The van der Waals surface area contributed by atoms with Gasteiger partial charge in [0.25, 0.3) is 0 Å². The summed E-state index contributed by atoms with van der Waals surface area (Å²) in [6, 6.07) is 0. The quantitative estimate of drug-likeness (QED) is 0.259. The lowest BCUT2D eigenvalue weighted by atomic mass is 10.1. The second-order valence-electron chi connectivity index (χ2n) is 6.85. The summed E-state index contributed by atoms with van der Waals surface area (Å²) < 4.78 is 35.4. The molecule has 0 bridgehead atoms. The molecule has 1 rings (SSSR count). The van der Waals surface area contributed by atoms with E-state index in [9.17, 15) is 13.0 Å². The summed E-state index contributed by atoms with van der Waals surface area (Å²) >= 11 is 0. The summed E-state index contributed by atoms with van der Waals surface area (Å²) in [5, 5.41) is 0. The minimum absolute atomic E-state index is 0.0258. The minimum Gasteiger partial charge on any atom is -0.726 e. The van der Waals surface area contributed by atoms with Crippen LogP contribution in [0.3, 0.4) is 0 Å². The van der Waals surface area contributed by atoms with Crippen LogP contribution < -0.4 is 0 Å². The van der Waals surface area contributed by atoms with E-state index < -0.39 is 10.4 Å². The normalized spacial score (nSPS) is 17.4. The zero-order chi connectivity index (χ0) is 17.6. The van der Waals surface area contributed by atoms with Gasteiger partial charge in [0.1, 0.15) is 0 Å². The largest absolute Gasteiger partial charge is 0.726 e. The predicted molar refractivity (Wildman–Crippen MR) is 94.0 cm³/mol. The van der Waals surface area contributed by atoms with Gasteiger partial charge in [0, 0.05) is 0 Å². The third kappa shape index (κ3) is 15.1. The van der Waals surface area contributed by atoms with E-state index >= 15 is 0 Å². The molecule has 0 atom stereocenters. The molecule has 0 N–H and O–H groups in total. The second kappa shape index (κ2) is 13.2. The van der Waals surface area contributed by atoms with E-state index in [-0.39, 0.29) is 6.61 Å². The highest BCUT2D eigenvalue weighted by molar-refractivity contribution is 7.80. The van der Waals surface area contributed by atoms with Gasteiger partial charge in [-0.15, -0.1) is 0 Å². The Morgan fingerprint density at radius 1 is 0.913 bits per heavy atom. The van der Waals surface area contributed by atoms with E-state index in [1.807, 2.05) is 0 Å². The molecule has 1 aliphatic heterocycles. The zero-order valence-electron chi connectivity index (χ0n) is 15.4. The van der Waals surface area contributed by atoms with Gasteiger partial charge < -0.3 is 9.04 Å². The SMILES string of the molecule is CCCCCCCCOS(=O)(=O)[O-].CCC[N+]1(C)CCCCC1. The summed E-state index contributed by atoms with van der Waals surface area (Å²) in [6.07, 6.45) is 11.9. The van der Waals surface area contributed by atoms with E-state index in [0.29, 0.717) is 6.42 Å². The number of rotatable bonds is 10. The van der Waals surface area contributed by atoms with Crippen molar-refractivity contribution in [3.8, 4) is 0 Å². The molecule has 1 fully saturated rings. The Morgan fingerprint density at radius 3 is 2.00 bits per heavy atom. The molecule has 1 saturated heterocycles. The predicted octanol–water partition coefficient (Wildman–Crippen LogP) is 3.85. The van der Waals surface area contributed by atoms with E-state index in [1.165, 1.54) is 69.1 Å². The molecule has 6 heteroatoms. The maximum absolute atomic E-state index is 9.99. The molecule has 0 unspecified atom stereocenters. The average Bonchev–Trinajstić information content (AvgIpc) is 2.46. The minimum atomic E-state index is -4.47. The number of likely N-dealkylation sites (tertiary alicyclic amines) is 1. The summed E-state index contributed by atoms with van der Waals surface area (Å²) in [5.74, 6) is 0. The van der Waals surface area contributed by atoms with E-state index in [0.717, 1.165) is 12.8 Å². The van der Waals surface area contributed by atoms with E-state index in [4.69, 9.17) is 0 Å². The van der Waals surface area contributed by atoms with E-state index in [1.54, 1.807) is 0 Å². The van der Waals surface area contributed by atoms with Crippen LogP contribution in [0.1, 0.15) is 78.1 Å². The first-order chi connectivity index (χ1) is 10.8. The number of hydrogen-bond acceptors (Lipinski definition) is 4. The number of quaternary nitrogens is 1. The van der Waals surface area contributed by atoms with Crippen molar-refractivity contribution in [2.24, 2.45) is 0 Å². The van der Waals surface area contributed by atoms with Crippen LogP contribution in [0, 0.1) is 0 Å². The van der Waals surface area contributed by atoms with Crippen LogP contribution >= 0.6 is 0 Å². The van der Waals surface area contributed by atoms with Gasteiger partial charge in [0.05, 0.1) is 33.3 Å². The van der Waals surface area contributed by atoms with Crippen molar-refractivity contribution in [1.82, 2.24) is 0 Å². The second-order valence-corrected chi connectivity index (χ2v) is 7.90. The fourth-order valence-electron chi connectivity index (χ4n) is 3.08. The Labute approximate surface area is 143 Å². The Bertz CT molecular complexity index is 359. The first-order valence-corrected chi connectivity index (χ1v) is 10.6. The molecular weight excluding hydrogens is 314 g/mol. The topological polar surface area (TPSA) is 66.4 Å². The van der Waals surface area contributed by atoms with Crippen LogP contribution in [-0.2, 0) is 14.6 Å². The van der Waals surface area contributed by atoms with Gasteiger partial charge in [-0.3, -0.25) is 4.18 Å². The van der Waals surface area contributed by atoms with Crippen LogP contribution in [0.2, 0.25) is 0 Å². The summed E-state index contributed by atoms with van der Waals surface area (Å²) in [4.78, 5) is 0. The highest BCUT2D eigenvalue weighted by Gasteiger charge is 2.22. The van der Waals surface area contributed by atoms with Crippen molar-refractivity contribution in [3.05, 3.63) is 0 Å². The molecule has 23 heavy (non-hydrogen) atoms. The van der Waals surface area contributed by atoms with Gasteiger partial charge in [-0.2, -0.15) is 0 Å². The highest BCUT2D eigenvalue weighted by atomic mass is 32.3. The molecule has 0 amide bonds. The van der Waals surface area contributed by atoms with Crippen LogP contribution in [0.25, 0.3) is 0 Å². The van der Waals surface area contributed by atoms with Crippen molar-refractivity contribution in [1.29, 1.82) is 0 Å². The Morgan fingerprint density at radius 2 is 1.48 bits per heavy atom. The molecule has 5 nitrogen and oxygen atoms in total. The number of unbranched alkanes of at least 4 members (excludes halogenated alkanes) is 5. The van der Waals surface area contributed by atoms with Gasteiger partial charge in [-0.25, -0.2) is 8.42 Å². The van der Waals surface area contributed by atoms with Crippen LogP contribution in [-0.4, -0.2) is 50.7 Å². The third-order valence-corrected chi connectivity index (χ3v) is 4.84. The number of nitrogens with zero attached hydrogens (tertiary/aromatic N) is 1. The molecular formula is C17H37NO4S. The van der Waals surface area contributed by atoms with Gasteiger partial charge >= 0.3 is 0 Å². The molecule has 0 aromatic heterocycles. The van der Waals surface area contributed by atoms with Crippen molar-refractivity contribution < 1.29 is 21.6 Å². The molecule has 0 saturated carbocycles. The standard InChI is InChI=1S/C9H20N.C8H18O4S/c1-3-7-10(2)8-5-4-6-9-10;1-2-3-4-5-6-7-8-12-13(9,10)11/h3-9H2,1-2H3;2-8H2,1H3,(H,9,10,11)/q+1;/p-1. The van der Waals surface area contributed by atoms with Crippen molar-refractivity contribution in [3.63, 3.8) is 0 Å². The summed E-state index contributed by atoms with van der Waals surface area (Å²) in [6.45, 7) is 8.69. The third-order valence-electron chi connectivity index (χ3n) is 4.38. The van der Waals surface area contributed by atoms with Gasteiger partial charge in [0.2, 0.25) is 10.4 Å². The summed E-state index contributed by atoms with van der Waals surface area (Å²) in [7, 11) is -2.07. The van der Waals surface area contributed by atoms with Crippen molar-refractivity contribution >= 4 is 10.4 Å². The Hall–Kier alpha value is -0.170. The fourth-order valence-corrected chi connectivity index (χ4v) is 3.40. The van der Waals surface area contributed by atoms with Crippen molar-refractivity contribution in [2.75, 3.05) is 33.3 Å². The molecule has 140 valence electrons. The first kappa shape index (κ1) is 22.8. The number of hydrogen-bond donors (Lipinski definition) is 0. The first-order valence-electron chi connectivity index (χ1n) is 9.27. The molecule has 0 aliphatic carbocycles. The fraction of sp³-hybridized carbons (Fsp3) is 1.00. The highest BCUT2D eigenvalue weighted by Crippen LogP contribution is 2.16. The smallest absolute Gasteiger partial charge is 0.217 e. The molecule has 1 aliphatic rings. The molecule has 0 aromatic carbocycles. The maximum Gasteiger partial charge on any atom is 0.217 e. The van der Waals surface area contributed by atoms with Gasteiger partial charge in [0.15, 0.2) is 0 Å². The van der Waals surface area contributed by atoms with Crippen LogP contribution in [0.5, 0.6) is 0 Å². The van der Waals surface area contributed by atoms with Crippen LogP contribution in [0.4, 0.5) is 0 Å². The van der Waals surface area contributed by atoms with Crippen LogP contribution in [0.15, 0.2) is 0 Å². The maximum atomic E-state index is 9.99.